The van der Waals surface area contributed by atoms with Gasteiger partial charge in [-0.05, 0) is 29.9 Å². The molecule has 3 atom stereocenters. The van der Waals surface area contributed by atoms with E-state index in [1.807, 2.05) is 0 Å². The molecule has 1 aromatic carbocycles. The van der Waals surface area contributed by atoms with E-state index in [0.29, 0.717) is 12.0 Å². The van der Waals surface area contributed by atoms with Crippen LogP contribution >= 0.6 is 0 Å². The molecule has 1 saturated carbocycles. The van der Waals surface area contributed by atoms with Crippen molar-refractivity contribution in [2.24, 2.45) is 11.7 Å². The summed E-state index contributed by atoms with van der Waals surface area (Å²) in [6.45, 7) is 0. The number of rotatable bonds is 2. The minimum Gasteiger partial charge on any atom is -0.364 e. The number of amides is 1. The number of fused-ring (bicyclic) bond motifs is 3. The molecule has 1 fully saturated rings. The van der Waals surface area contributed by atoms with Crippen LogP contribution in [-0.4, -0.2) is 16.1 Å². The SMILES string of the molecule is NC(=O)c1n[nH]c2c1CC1C(c3ccc(F)cc3F)C21. The fraction of sp³-hybridized carbons (Fsp3) is 0.286. The quantitative estimate of drug-likeness (QED) is 0.877. The van der Waals surface area contributed by atoms with Crippen LogP contribution < -0.4 is 5.73 Å². The van der Waals surface area contributed by atoms with Crippen molar-refractivity contribution in [1.82, 2.24) is 10.2 Å². The number of nitrogens with one attached hydrogen (secondary N) is 1. The second kappa shape index (κ2) is 3.65. The highest BCUT2D eigenvalue weighted by molar-refractivity contribution is 5.93. The Bertz CT molecular complexity index is 740. The lowest BCUT2D eigenvalue weighted by molar-refractivity contribution is 0.0994. The van der Waals surface area contributed by atoms with Gasteiger partial charge in [0.1, 0.15) is 11.6 Å². The summed E-state index contributed by atoms with van der Waals surface area (Å²) in [6, 6.07) is 3.68. The molecule has 102 valence electrons. The van der Waals surface area contributed by atoms with E-state index in [1.165, 1.54) is 12.1 Å². The van der Waals surface area contributed by atoms with Gasteiger partial charge < -0.3 is 5.73 Å². The fourth-order valence-corrected chi connectivity index (χ4v) is 3.52. The maximum absolute atomic E-state index is 13.8. The van der Waals surface area contributed by atoms with Crippen LogP contribution in [0.5, 0.6) is 0 Å². The number of benzene rings is 1. The lowest BCUT2D eigenvalue weighted by Gasteiger charge is -2.06. The highest BCUT2D eigenvalue weighted by Crippen LogP contribution is 2.66. The first kappa shape index (κ1) is 11.6. The zero-order valence-electron chi connectivity index (χ0n) is 10.4. The monoisotopic (exact) mass is 275 g/mol. The second-order valence-electron chi connectivity index (χ2n) is 5.41. The van der Waals surface area contributed by atoms with Crippen molar-refractivity contribution in [3.05, 3.63) is 52.3 Å². The maximum Gasteiger partial charge on any atom is 0.269 e. The second-order valence-corrected chi connectivity index (χ2v) is 5.41. The first-order chi connectivity index (χ1) is 9.58. The van der Waals surface area contributed by atoms with E-state index in [9.17, 15) is 13.6 Å². The van der Waals surface area contributed by atoms with Crippen molar-refractivity contribution >= 4 is 5.91 Å². The Labute approximate surface area is 113 Å². The number of carbonyl (C=O) groups is 1. The minimum absolute atomic E-state index is 0.0317. The summed E-state index contributed by atoms with van der Waals surface area (Å²) in [4.78, 5) is 11.2. The number of aromatic amines is 1. The molecule has 3 unspecified atom stereocenters. The Hall–Kier alpha value is -2.24. The maximum atomic E-state index is 13.8. The summed E-state index contributed by atoms with van der Waals surface area (Å²) in [5, 5.41) is 6.77. The van der Waals surface area contributed by atoms with Crippen LogP contribution in [0.3, 0.4) is 0 Å². The summed E-state index contributed by atoms with van der Waals surface area (Å²) in [6.07, 6.45) is 0.663. The van der Waals surface area contributed by atoms with Crippen molar-refractivity contribution in [2.75, 3.05) is 0 Å². The molecule has 1 heterocycles. The van der Waals surface area contributed by atoms with E-state index in [0.717, 1.165) is 17.3 Å². The predicted octanol–water partition coefficient (Wildman–Crippen LogP) is 1.84. The molecule has 2 aliphatic carbocycles. The largest absolute Gasteiger partial charge is 0.364 e. The van der Waals surface area contributed by atoms with Gasteiger partial charge in [-0.3, -0.25) is 9.89 Å². The average Bonchev–Trinajstić information content (AvgIpc) is 2.76. The Balaban J connectivity index is 1.69. The van der Waals surface area contributed by atoms with Gasteiger partial charge in [0.25, 0.3) is 5.91 Å². The Morgan fingerprint density at radius 2 is 2.15 bits per heavy atom. The van der Waals surface area contributed by atoms with Crippen LogP contribution in [0, 0.1) is 17.6 Å². The highest BCUT2D eigenvalue weighted by atomic mass is 19.1. The van der Waals surface area contributed by atoms with Gasteiger partial charge in [-0.1, -0.05) is 6.07 Å². The Morgan fingerprint density at radius 3 is 2.85 bits per heavy atom. The van der Waals surface area contributed by atoms with Crippen molar-refractivity contribution in [3.8, 4) is 0 Å². The van der Waals surface area contributed by atoms with Crippen molar-refractivity contribution in [3.63, 3.8) is 0 Å². The molecule has 0 bridgehead atoms. The smallest absolute Gasteiger partial charge is 0.269 e. The number of carbonyl (C=O) groups excluding carboxylic acids is 1. The van der Waals surface area contributed by atoms with Gasteiger partial charge in [-0.25, -0.2) is 8.78 Å². The van der Waals surface area contributed by atoms with Crippen LogP contribution in [0.2, 0.25) is 0 Å². The van der Waals surface area contributed by atoms with E-state index in [-0.39, 0.29) is 23.4 Å². The van der Waals surface area contributed by atoms with Gasteiger partial charge in [-0.15, -0.1) is 0 Å². The normalized spacial score (nSPS) is 26.2. The summed E-state index contributed by atoms with van der Waals surface area (Å²) >= 11 is 0. The van der Waals surface area contributed by atoms with Gasteiger partial charge >= 0.3 is 0 Å². The third-order valence-corrected chi connectivity index (χ3v) is 4.40. The zero-order chi connectivity index (χ0) is 14.0. The molecule has 2 aliphatic rings. The first-order valence-electron chi connectivity index (χ1n) is 6.40. The number of aromatic nitrogens is 2. The Kier molecular flexibility index (Phi) is 2.11. The van der Waals surface area contributed by atoms with Gasteiger partial charge in [0.2, 0.25) is 0 Å². The number of hydrogen-bond donors (Lipinski definition) is 2. The van der Waals surface area contributed by atoms with Crippen LogP contribution in [0.25, 0.3) is 0 Å². The molecular formula is C14H11F2N3O. The number of nitrogens with zero attached hydrogens (tertiary/aromatic N) is 1. The van der Waals surface area contributed by atoms with E-state index >= 15 is 0 Å². The molecule has 3 N–H and O–H groups in total. The average molecular weight is 275 g/mol. The molecular weight excluding hydrogens is 264 g/mol. The molecule has 0 aliphatic heterocycles. The Morgan fingerprint density at radius 1 is 1.35 bits per heavy atom. The topological polar surface area (TPSA) is 71.8 Å². The molecule has 4 rings (SSSR count). The van der Waals surface area contributed by atoms with Gasteiger partial charge in [0, 0.05) is 23.2 Å². The molecule has 2 aromatic rings. The summed E-state index contributed by atoms with van der Waals surface area (Å²) in [5.74, 6) is -1.23. The molecule has 1 amide bonds. The van der Waals surface area contributed by atoms with Crippen LogP contribution in [0.15, 0.2) is 18.2 Å². The third-order valence-electron chi connectivity index (χ3n) is 4.40. The van der Waals surface area contributed by atoms with Gasteiger partial charge in [-0.2, -0.15) is 5.10 Å². The lowest BCUT2D eigenvalue weighted by Crippen LogP contribution is -2.14. The van der Waals surface area contributed by atoms with E-state index in [4.69, 9.17) is 5.73 Å². The molecule has 0 spiro atoms. The van der Waals surface area contributed by atoms with E-state index in [1.54, 1.807) is 0 Å². The van der Waals surface area contributed by atoms with Crippen LogP contribution in [0.1, 0.15) is 39.1 Å². The predicted molar refractivity (Wildman–Crippen MR) is 66.1 cm³/mol. The molecule has 0 saturated heterocycles. The lowest BCUT2D eigenvalue weighted by atomic mass is 10.00. The number of hydrogen-bond acceptors (Lipinski definition) is 2. The van der Waals surface area contributed by atoms with Gasteiger partial charge in [0.05, 0.1) is 0 Å². The molecule has 0 radical (unpaired) electrons. The molecule has 4 nitrogen and oxygen atoms in total. The fourth-order valence-electron chi connectivity index (χ4n) is 3.52. The molecule has 6 heteroatoms. The highest BCUT2D eigenvalue weighted by Gasteiger charge is 2.59. The van der Waals surface area contributed by atoms with Crippen LogP contribution in [-0.2, 0) is 6.42 Å². The van der Waals surface area contributed by atoms with E-state index < -0.39 is 17.5 Å². The summed E-state index contributed by atoms with van der Waals surface area (Å²) in [5.41, 5.74) is 7.79. The summed E-state index contributed by atoms with van der Waals surface area (Å²) < 4.78 is 26.8. The van der Waals surface area contributed by atoms with E-state index in [2.05, 4.69) is 10.2 Å². The van der Waals surface area contributed by atoms with Gasteiger partial charge in [0.15, 0.2) is 5.69 Å². The standard InChI is InChI=1S/C14H11F2N3O/c15-5-1-2-6(9(16)3-5)10-7-4-8-12(11(7)10)18-19-13(8)14(17)20/h1-3,7,10-11H,4H2,(H2,17,20)(H,18,19). The number of halogens is 2. The third kappa shape index (κ3) is 1.39. The van der Waals surface area contributed by atoms with Crippen molar-refractivity contribution in [2.45, 2.75) is 18.3 Å². The molecule has 1 aromatic heterocycles. The minimum atomic E-state index is -0.574. The number of nitrogens with two attached hydrogens (primary N) is 1. The van der Waals surface area contributed by atoms with Crippen molar-refractivity contribution in [1.29, 1.82) is 0 Å². The zero-order valence-corrected chi connectivity index (χ0v) is 10.4. The van der Waals surface area contributed by atoms with Crippen molar-refractivity contribution < 1.29 is 13.6 Å². The molecule has 20 heavy (non-hydrogen) atoms. The van der Waals surface area contributed by atoms with Crippen LogP contribution in [0.4, 0.5) is 8.78 Å². The number of primary amides is 1. The first-order valence-corrected chi connectivity index (χ1v) is 6.40. The summed E-state index contributed by atoms with van der Waals surface area (Å²) in [7, 11) is 0. The number of H-pyrrole nitrogens is 1.